The monoisotopic (exact) mass is 271 g/mol. The first-order chi connectivity index (χ1) is 8.06. The maximum Gasteiger partial charge on any atom is 0.254 e. The molecule has 6 heteroatoms. The molecule has 1 aromatic heterocycles. The minimum Gasteiger partial charge on any atom is -0.336 e. The third-order valence-electron chi connectivity index (χ3n) is 2.87. The van der Waals surface area contributed by atoms with Gasteiger partial charge in [0.05, 0.1) is 0 Å². The molecule has 1 saturated heterocycles. The molecule has 2 atom stereocenters. The van der Waals surface area contributed by atoms with Crippen LogP contribution in [0, 0.1) is 0 Å². The number of hydrogen-bond donors (Lipinski definition) is 2. The van der Waals surface area contributed by atoms with Crippen LogP contribution in [0.5, 0.6) is 0 Å². The Morgan fingerprint density at radius 3 is 2.50 bits per heavy atom. The fourth-order valence-corrected chi connectivity index (χ4v) is 2.25. The van der Waals surface area contributed by atoms with Gasteiger partial charge in [0.2, 0.25) is 5.56 Å². The van der Waals surface area contributed by atoms with Crippen LogP contribution in [0.3, 0.4) is 0 Å². The molecule has 0 saturated carbocycles. The van der Waals surface area contributed by atoms with Gasteiger partial charge in [-0.15, -0.1) is 12.4 Å². The molecule has 2 heterocycles. The second-order valence-electron chi connectivity index (χ2n) is 4.62. The zero-order valence-electron chi connectivity index (χ0n) is 10.5. The van der Waals surface area contributed by atoms with Crippen LogP contribution in [0.25, 0.3) is 0 Å². The molecule has 2 N–H and O–H groups in total. The molecule has 18 heavy (non-hydrogen) atoms. The number of carbonyl (C=O) groups excluding carboxylic acids is 1. The maximum atomic E-state index is 12.2. The Labute approximate surface area is 112 Å². The van der Waals surface area contributed by atoms with Gasteiger partial charge in [-0.3, -0.25) is 9.59 Å². The van der Waals surface area contributed by atoms with Crippen LogP contribution in [-0.4, -0.2) is 41.0 Å². The normalized spacial score (nSPS) is 23.3. The third kappa shape index (κ3) is 3.34. The predicted octanol–water partition coefficient (Wildman–Crippen LogP) is 0.619. The van der Waals surface area contributed by atoms with Crippen LogP contribution in [0.4, 0.5) is 0 Å². The third-order valence-corrected chi connectivity index (χ3v) is 2.87. The smallest absolute Gasteiger partial charge is 0.254 e. The van der Waals surface area contributed by atoms with E-state index in [1.165, 1.54) is 12.3 Å². The van der Waals surface area contributed by atoms with Gasteiger partial charge in [-0.2, -0.15) is 0 Å². The molecule has 0 spiro atoms. The summed E-state index contributed by atoms with van der Waals surface area (Å²) in [6, 6.07) is 3.55. The molecule has 2 rings (SSSR count). The summed E-state index contributed by atoms with van der Waals surface area (Å²) in [5.41, 5.74) is 0.210. The van der Waals surface area contributed by atoms with E-state index in [0.29, 0.717) is 18.7 Å². The number of H-pyrrole nitrogens is 1. The van der Waals surface area contributed by atoms with Crippen molar-refractivity contribution in [3.63, 3.8) is 0 Å². The zero-order valence-corrected chi connectivity index (χ0v) is 11.3. The molecular formula is C12H18ClN3O2. The number of carbonyl (C=O) groups is 1. The van der Waals surface area contributed by atoms with Crippen LogP contribution >= 0.6 is 12.4 Å². The fourth-order valence-electron chi connectivity index (χ4n) is 2.25. The first-order valence-corrected chi connectivity index (χ1v) is 5.80. The molecule has 100 valence electrons. The standard InChI is InChI=1S/C12H17N3O2.ClH/c1-8-6-15(7-9(2)14-8)12(17)10-3-4-13-11(16)5-10;/h3-5,8-9,14H,6-7H2,1-2H3,(H,13,16);1H. The maximum absolute atomic E-state index is 12.2. The van der Waals surface area contributed by atoms with Crippen molar-refractivity contribution < 1.29 is 4.79 Å². The van der Waals surface area contributed by atoms with Crippen LogP contribution in [0.1, 0.15) is 24.2 Å². The summed E-state index contributed by atoms with van der Waals surface area (Å²) in [4.78, 5) is 27.7. The van der Waals surface area contributed by atoms with E-state index >= 15 is 0 Å². The highest BCUT2D eigenvalue weighted by Gasteiger charge is 2.25. The molecule has 1 amide bonds. The number of nitrogens with zero attached hydrogens (tertiary/aromatic N) is 1. The van der Waals surface area contributed by atoms with Crippen LogP contribution in [0.2, 0.25) is 0 Å². The number of aromatic amines is 1. The number of pyridine rings is 1. The highest BCUT2D eigenvalue weighted by Crippen LogP contribution is 2.08. The van der Waals surface area contributed by atoms with Gasteiger partial charge >= 0.3 is 0 Å². The van der Waals surface area contributed by atoms with Crippen molar-refractivity contribution in [2.45, 2.75) is 25.9 Å². The number of rotatable bonds is 1. The summed E-state index contributed by atoms with van der Waals surface area (Å²) in [5.74, 6) is -0.0729. The van der Waals surface area contributed by atoms with E-state index in [1.807, 2.05) is 13.8 Å². The van der Waals surface area contributed by atoms with E-state index in [4.69, 9.17) is 0 Å². The summed E-state index contributed by atoms with van der Waals surface area (Å²) >= 11 is 0. The molecule has 0 bridgehead atoms. The van der Waals surface area contributed by atoms with Crippen molar-refractivity contribution in [3.05, 3.63) is 34.2 Å². The Bertz CT molecular complexity index is 464. The minimum atomic E-state index is -0.243. The Kier molecular flexibility index (Phi) is 4.93. The summed E-state index contributed by atoms with van der Waals surface area (Å²) < 4.78 is 0. The average molecular weight is 272 g/mol. The second-order valence-corrected chi connectivity index (χ2v) is 4.62. The van der Waals surface area contributed by atoms with Gasteiger partial charge in [-0.1, -0.05) is 0 Å². The van der Waals surface area contributed by atoms with Crippen molar-refractivity contribution >= 4 is 18.3 Å². The van der Waals surface area contributed by atoms with Crippen molar-refractivity contribution in [2.24, 2.45) is 0 Å². The van der Waals surface area contributed by atoms with E-state index in [0.717, 1.165) is 0 Å². The molecule has 0 aliphatic carbocycles. The van der Waals surface area contributed by atoms with Gasteiger partial charge in [0.1, 0.15) is 0 Å². The molecule has 0 aromatic carbocycles. The number of piperazine rings is 1. The number of halogens is 1. The van der Waals surface area contributed by atoms with Crippen LogP contribution in [0.15, 0.2) is 23.1 Å². The van der Waals surface area contributed by atoms with Gasteiger partial charge < -0.3 is 15.2 Å². The lowest BCUT2D eigenvalue weighted by molar-refractivity contribution is 0.0673. The summed E-state index contributed by atoms with van der Waals surface area (Å²) in [6.07, 6.45) is 1.50. The molecule has 1 aliphatic rings. The van der Waals surface area contributed by atoms with E-state index in [9.17, 15) is 9.59 Å². The Balaban J connectivity index is 0.00000162. The molecule has 1 aliphatic heterocycles. The summed E-state index contributed by atoms with van der Waals surface area (Å²) in [6.45, 7) is 5.45. The Hall–Kier alpha value is -1.33. The average Bonchev–Trinajstić information content (AvgIpc) is 2.26. The van der Waals surface area contributed by atoms with Gasteiger partial charge in [-0.05, 0) is 19.9 Å². The second kappa shape index (κ2) is 6.02. The van der Waals surface area contributed by atoms with Crippen molar-refractivity contribution in [1.29, 1.82) is 0 Å². The quantitative estimate of drug-likeness (QED) is 0.787. The van der Waals surface area contributed by atoms with Crippen molar-refractivity contribution in [1.82, 2.24) is 15.2 Å². The lowest BCUT2D eigenvalue weighted by Crippen LogP contribution is -2.55. The molecule has 0 radical (unpaired) electrons. The zero-order chi connectivity index (χ0) is 12.4. The number of hydrogen-bond acceptors (Lipinski definition) is 3. The molecule has 5 nitrogen and oxygen atoms in total. The van der Waals surface area contributed by atoms with Gasteiger partial charge in [0.25, 0.3) is 5.91 Å². The minimum absolute atomic E-state index is 0. The van der Waals surface area contributed by atoms with Gasteiger partial charge in [-0.25, -0.2) is 0 Å². The largest absolute Gasteiger partial charge is 0.336 e. The van der Waals surface area contributed by atoms with E-state index in [1.54, 1.807) is 11.0 Å². The van der Waals surface area contributed by atoms with E-state index in [-0.39, 0.29) is 36.0 Å². The first-order valence-electron chi connectivity index (χ1n) is 5.80. The first kappa shape index (κ1) is 14.7. The topological polar surface area (TPSA) is 65.2 Å². The predicted molar refractivity (Wildman–Crippen MR) is 72.3 cm³/mol. The lowest BCUT2D eigenvalue weighted by atomic mass is 10.1. The van der Waals surface area contributed by atoms with Crippen molar-refractivity contribution in [2.75, 3.05) is 13.1 Å². The van der Waals surface area contributed by atoms with Crippen LogP contribution in [-0.2, 0) is 0 Å². The van der Waals surface area contributed by atoms with E-state index < -0.39 is 0 Å². The van der Waals surface area contributed by atoms with Crippen LogP contribution < -0.4 is 10.9 Å². The summed E-state index contributed by atoms with van der Waals surface area (Å²) in [7, 11) is 0. The SMILES string of the molecule is CC1CN(C(=O)c2cc[nH]c(=O)c2)CC(C)N1.Cl. The fraction of sp³-hybridized carbons (Fsp3) is 0.500. The highest BCUT2D eigenvalue weighted by atomic mass is 35.5. The van der Waals surface area contributed by atoms with Gasteiger partial charge in [0, 0.05) is 43.0 Å². The molecular weight excluding hydrogens is 254 g/mol. The highest BCUT2D eigenvalue weighted by molar-refractivity contribution is 5.94. The molecule has 1 aromatic rings. The molecule has 2 unspecified atom stereocenters. The van der Waals surface area contributed by atoms with Crippen molar-refractivity contribution in [3.8, 4) is 0 Å². The Morgan fingerprint density at radius 1 is 1.33 bits per heavy atom. The van der Waals surface area contributed by atoms with Gasteiger partial charge in [0.15, 0.2) is 0 Å². The lowest BCUT2D eigenvalue weighted by Gasteiger charge is -2.36. The number of nitrogens with one attached hydrogen (secondary N) is 2. The Morgan fingerprint density at radius 2 is 1.94 bits per heavy atom. The van der Waals surface area contributed by atoms with E-state index in [2.05, 4.69) is 10.3 Å². The summed E-state index contributed by atoms with van der Waals surface area (Å²) in [5, 5.41) is 3.37. The number of amides is 1. The molecule has 1 fully saturated rings. The number of aromatic nitrogens is 1.